The summed E-state index contributed by atoms with van der Waals surface area (Å²) >= 11 is 1.58. The zero-order valence-electron chi connectivity index (χ0n) is 11.5. The molecule has 7 heteroatoms. The quantitative estimate of drug-likeness (QED) is 0.881. The Kier molecular flexibility index (Phi) is 4.61. The van der Waals surface area contributed by atoms with Gasteiger partial charge < -0.3 is 20.1 Å². The fourth-order valence-corrected chi connectivity index (χ4v) is 3.12. The van der Waals surface area contributed by atoms with Crippen LogP contribution in [-0.2, 0) is 16.1 Å². The molecule has 6 nitrogen and oxygen atoms in total. The minimum absolute atomic E-state index is 0.218. The molecule has 1 aromatic heterocycles. The number of thiophene rings is 1. The van der Waals surface area contributed by atoms with Crippen molar-refractivity contribution in [3.05, 3.63) is 21.9 Å². The summed E-state index contributed by atoms with van der Waals surface area (Å²) in [4.78, 5) is 24.6. The van der Waals surface area contributed by atoms with E-state index in [9.17, 15) is 9.59 Å². The van der Waals surface area contributed by atoms with E-state index in [1.807, 2.05) is 17.7 Å². The normalized spacial score (nSPS) is 22.0. The van der Waals surface area contributed by atoms with E-state index < -0.39 is 12.0 Å². The summed E-state index contributed by atoms with van der Waals surface area (Å²) < 4.78 is 5.16. The highest BCUT2D eigenvalue weighted by Gasteiger charge is 2.39. The van der Waals surface area contributed by atoms with E-state index in [1.54, 1.807) is 11.3 Å². The molecule has 1 aromatic rings. The van der Waals surface area contributed by atoms with Crippen LogP contribution >= 0.6 is 11.3 Å². The Morgan fingerprint density at radius 3 is 2.85 bits per heavy atom. The van der Waals surface area contributed by atoms with Crippen molar-refractivity contribution in [2.24, 2.45) is 0 Å². The lowest BCUT2D eigenvalue weighted by Crippen LogP contribution is -2.46. The van der Waals surface area contributed by atoms with Gasteiger partial charge in [-0.1, -0.05) is 0 Å². The van der Waals surface area contributed by atoms with Gasteiger partial charge in [0.05, 0.1) is 6.10 Å². The molecular weight excluding hydrogens is 280 g/mol. The Balaban J connectivity index is 1.97. The van der Waals surface area contributed by atoms with E-state index >= 15 is 0 Å². The Morgan fingerprint density at radius 2 is 2.30 bits per heavy atom. The number of carbonyl (C=O) groups excluding carboxylic acids is 1. The predicted octanol–water partition coefficient (Wildman–Crippen LogP) is 1.44. The first-order chi connectivity index (χ1) is 9.52. The third kappa shape index (κ3) is 3.10. The number of carboxylic acids is 1. The van der Waals surface area contributed by atoms with Crippen molar-refractivity contribution in [1.82, 2.24) is 10.2 Å². The van der Waals surface area contributed by atoms with Crippen molar-refractivity contribution in [2.45, 2.75) is 32.0 Å². The summed E-state index contributed by atoms with van der Waals surface area (Å²) in [6.07, 6.45) is 0.112. The van der Waals surface area contributed by atoms with E-state index in [1.165, 1.54) is 12.0 Å². The molecule has 20 heavy (non-hydrogen) atoms. The van der Waals surface area contributed by atoms with Crippen LogP contribution in [-0.4, -0.2) is 47.8 Å². The maximum atomic E-state index is 12.1. The number of ether oxygens (including phenoxy) is 1. The predicted molar refractivity (Wildman–Crippen MR) is 74.8 cm³/mol. The summed E-state index contributed by atoms with van der Waals surface area (Å²) in [5.41, 5.74) is 2.18. The molecule has 2 rings (SSSR count). The number of hydrogen-bond donors (Lipinski definition) is 2. The summed E-state index contributed by atoms with van der Waals surface area (Å²) in [6, 6.07) is -1.17. The molecule has 1 saturated heterocycles. The van der Waals surface area contributed by atoms with Crippen LogP contribution < -0.4 is 5.32 Å². The minimum atomic E-state index is -0.994. The molecule has 2 atom stereocenters. The molecule has 110 valence electrons. The van der Waals surface area contributed by atoms with Crippen LogP contribution in [0.25, 0.3) is 0 Å². The molecule has 0 spiro atoms. The highest BCUT2D eigenvalue weighted by atomic mass is 32.1. The zero-order chi connectivity index (χ0) is 14.7. The molecule has 2 N–H and O–H groups in total. The molecular formula is C13H18N2O4S. The standard InChI is InChI=1S/C13H18N2O4S/c1-8-6-20-7-9(8)4-14-13(18)15-5-10(19-2)3-11(15)12(16)17/h6-7,10-11H,3-5H2,1-2H3,(H,14,18)(H,16,17). The van der Waals surface area contributed by atoms with Gasteiger partial charge in [0, 0.05) is 26.6 Å². The molecule has 0 bridgehead atoms. The van der Waals surface area contributed by atoms with Gasteiger partial charge in [0.2, 0.25) is 0 Å². The smallest absolute Gasteiger partial charge is 0.326 e. The molecule has 2 heterocycles. The topological polar surface area (TPSA) is 78.9 Å². The number of nitrogens with one attached hydrogen (secondary N) is 1. The summed E-state index contributed by atoms with van der Waals surface area (Å²) in [6.45, 7) is 2.70. The second-order valence-corrected chi connectivity index (χ2v) is 5.58. The van der Waals surface area contributed by atoms with E-state index in [0.717, 1.165) is 11.1 Å². The Bertz CT molecular complexity index is 502. The van der Waals surface area contributed by atoms with Gasteiger partial charge in [-0.2, -0.15) is 11.3 Å². The van der Waals surface area contributed by atoms with Gasteiger partial charge >= 0.3 is 12.0 Å². The molecule has 0 aliphatic carbocycles. The summed E-state index contributed by atoms with van der Waals surface area (Å²) in [5.74, 6) is -0.994. The van der Waals surface area contributed by atoms with Crippen LogP contribution in [0.2, 0.25) is 0 Å². The number of urea groups is 1. The van der Waals surface area contributed by atoms with Gasteiger partial charge in [-0.05, 0) is 28.8 Å². The number of hydrogen-bond acceptors (Lipinski definition) is 4. The molecule has 1 aliphatic heterocycles. The van der Waals surface area contributed by atoms with Crippen molar-refractivity contribution >= 4 is 23.3 Å². The number of likely N-dealkylation sites (tertiary alicyclic amines) is 1. The van der Waals surface area contributed by atoms with Gasteiger partial charge in [0.15, 0.2) is 0 Å². The average Bonchev–Trinajstić information content (AvgIpc) is 3.02. The Labute approximate surface area is 121 Å². The first-order valence-electron chi connectivity index (χ1n) is 6.34. The number of amides is 2. The second-order valence-electron chi connectivity index (χ2n) is 4.84. The number of methoxy groups -OCH3 is 1. The Hall–Kier alpha value is -1.60. The van der Waals surface area contributed by atoms with Crippen LogP contribution in [0.15, 0.2) is 10.8 Å². The average molecular weight is 298 g/mol. The van der Waals surface area contributed by atoms with Gasteiger partial charge in [-0.25, -0.2) is 9.59 Å². The largest absolute Gasteiger partial charge is 0.480 e. The third-order valence-electron chi connectivity index (χ3n) is 3.53. The van der Waals surface area contributed by atoms with E-state index in [0.29, 0.717) is 19.5 Å². The van der Waals surface area contributed by atoms with E-state index in [-0.39, 0.29) is 12.1 Å². The van der Waals surface area contributed by atoms with Crippen LogP contribution in [0, 0.1) is 6.92 Å². The molecule has 1 aliphatic rings. The third-order valence-corrected chi connectivity index (χ3v) is 4.44. The number of aryl methyl sites for hydroxylation is 1. The van der Waals surface area contributed by atoms with Crippen LogP contribution in [0.1, 0.15) is 17.5 Å². The number of rotatable bonds is 4. The fourth-order valence-electron chi connectivity index (χ4n) is 2.27. The summed E-state index contributed by atoms with van der Waals surface area (Å²) in [5, 5.41) is 15.9. The molecule has 0 aromatic carbocycles. The number of carbonyl (C=O) groups is 2. The highest BCUT2D eigenvalue weighted by Crippen LogP contribution is 2.20. The van der Waals surface area contributed by atoms with Crippen LogP contribution in [0.4, 0.5) is 4.79 Å². The Morgan fingerprint density at radius 1 is 1.55 bits per heavy atom. The van der Waals surface area contributed by atoms with E-state index in [2.05, 4.69) is 5.32 Å². The van der Waals surface area contributed by atoms with Crippen molar-refractivity contribution < 1.29 is 19.4 Å². The van der Waals surface area contributed by atoms with Gasteiger partial charge in [-0.3, -0.25) is 0 Å². The lowest BCUT2D eigenvalue weighted by molar-refractivity contribution is -0.141. The lowest BCUT2D eigenvalue weighted by atomic mass is 10.2. The highest BCUT2D eigenvalue weighted by molar-refractivity contribution is 7.08. The van der Waals surface area contributed by atoms with Gasteiger partial charge in [0.1, 0.15) is 6.04 Å². The van der Waals surface area contributed by atoms with Crippen LogP contribution in [0.3, 0.4) is 0 Å². The van der Waals surface area contributed by atoms with Crippen molar-refractivity contribution in [2.75, 3.05) is 13.7 Å². The van der Waals surface area contributed by atoms with Crippen LogP contribution in [0.5, 0.6) is 0 Å². The first kappa shape index (κ1) is 14.8. The number of nitrogens with zero attached hydrogens (tertiary/aromatic N) is 1. The van der Waals surface area contributed by atoms with Crippen molar-refractivity contribution in [1.29, 1.82) is 0 Å². The van der Waals surface area contributed by atoms with Gasteiger partial charge in [0.25, 0.3) is 0 Å². The summed E-state index contributed by atoms with van der Waals surface area (Å²) in [7, 11) is 1.53. The van der Waals surface area contributed by atoms with Gasteiger partial charge in [-0.15, -0.1) is 0 Å². The van der Waals surface area contributed by atoms with E-state index in [4.69, 9.17) is 9.84 Å². The maximum absolute atomic E-state index is 12.1. The lowest BCUT2D eigenvalue weighted by Gasteiger charge is -2.21. The molecule has 2 amide bonds. The number of aliphatic carboxylic acids is 1. The number of carboxylic acid groups (broad SMARTS) is 1. The van der Waals surface area contributed by atoms with Crippen molar-refractivity contribution in [3.8, 4) is 0 Å². The SMILES string of the molecule is COC1CC(C(=O)O)N(C(=O)NCc2cscc2C)C1. The monoisotopic (exact) mass is 298 g/mol. The van der Waals surface area contributed by atoms with Crippen molar-refractivity contribution in [3.63, 3.8) is 0 Å². The fraction of sp³-hybridized carbons (Fsp3) is 0.538. The molecule has 0 saturated carbocycles. The minimum Gasteiger partial charge on any atom is -0.480 e. The molecule has 0 radical (unpaired) electrons. The second kappa shape index (κ2) is 6.23. The zero-order valence-corrected chi connectivity index (χ0v) is 12.3. The maximum Gasteiger partial charge on any atom is 0.326 e. The first-order valence-corrected chi connectivity index (χ1v) is 7.29. The molecule has 1 fully saturated rings. The molecule has 2 unspecified atom stereocenters.